The van der Waals surface area contributed by atoms with Crippen LogP contribution in [0.4, 0.5) is 4.79 Å². The minimum absolute atomic E-state index is 0. The van der Waals surface area contributed by atoms with Crippen molar-refractivity contribution in [3.8, 4) is 0 Å². The van der Waals surface area contributed by atoms with Crippen LogP contribution in [0.1, 0.15) is 89.2 Å². The summed E-state index contributed by atoms with van der Waals surface area (Å²) in [4.78, 5) is 37.7. The van der Waals surface area contributed by atoms with Crippen molar-refractivity contribution in [2.24, 2.45) is 5.92 Å². The number of amides is 3. The Hall–Kier alpha value is -2.32. The van der Waals surface area contributed by atoms with Crippen molar-refractivity contribution in [1.29, 1.82) is 0 Å². The van der Waals surface area contributed by atoms with Gasteiger partial charge in [0.05, 0.1) is 6.04 Å². The molecule has 3 unspecified atom stereocenters. The van der Waals surface area contributed by atoms with Crippen LogP contribution in [-0.2, 0) is 17.8 Å². The molecule has 4 fully saturated rings. The maximum Gasteiger partial charge on any atom is 0.320 e. The van der Waals surface area contributed by atoms with Crippen LogP contribution in [0.5, 0.6) is 0 Å². The number of nitrogens with one attached hydrogen (secondary N) is 1. The lowest BCUT2D eigenvalue weighted by atomic mass is 9.89. The topological polar surface area (TPSA) is 59.1 Å². The first-order valence-corrected chi connectivity index (χ1v) is 18.9. The molecule has 7 nitrogen and oxygen atoms in total. The van der Waals surface area contributed by atoms with Gasteiger partial charge in [0.1, 0.15) is 0 Å². The highest BCUT2D eigenvalue weighted by Gasteiger charge is 2.48. The molecule has 2 aromatic rings. The number of nitrogens with zero attached hydrogens (tertiary/aromatic N) is 4. The van der Waals surface area contributed by atoms with E-state index in [9.17, 15) is 9.59 Å². The zero-order valence-corrected chi connectivity index (χ0v) is 30.6. The van der Waals surface area contributed by atoms with Crippen LogP contribution in [0.3, 0.4) is 0 Å². The van der Waals surface area contributed by atoms with Crippen LogP contribution in [-0.4, -0.2) is 94.5 Å². The summed E-state index contributed by atoms with van der Waals surface area (Å²) in [6.45, 7) is 9.64. The zero-order chi connectivity index (χ0) is 32.8. The minimum Gasteiger partial charge on any atom is -0.335 e. The lowest BCUT2D eigenvalue weighted by molar-refractivity contribution is -0.139. The number of rotatable bonds is 12. The fourth-order valence-electron chi connectivity index (χ4n) is 9.02. The molecule has 9 heteroatoms. The highest BCUT2D eigenvalue weighted by Crippen LogP contribution is 2.40. The first-order chi connectivity index (χ1) is 22.9. The Labute approximate surface area is 300 Å². The summed E-state index contributed by atoms with van der Waals surface area (Å²) in [6.07, 6.45) is 11.6. The Balaban J connectivity index is 0.00000451. The van der Waals surface area contributed by atoms with Gasteiger partial charge in [0.25, 0.3) is 0 Å². The van der Waals surface area contributed by atoms with E-state index >= 15 is 0 Å². The second kappa shape index (κ2) is 17.6. The number of hydrogen-bond acceptors (Lipinski definition) is 4. The van der Waals surface area contributed by atoms with E-state index in [1.165, 1.54) is 24.8 Å². The molecule has 48 heavy (non-hydrogen) atoms. The molecule has 1 saturated carbocycles. The van der Waals surface area contributed by atoms with Crippen LogP contribution in [0.25, 0.3) is 0 Å². The number of urea groups is 1. The smallest absolute Gasteiger partial charge is 0.320 e. The van der Waals surface area contributed by atoms with Crippen LogP contribution >= 0.6 is 24.0 Å². The number of carbonyl (C=O) groups excluding carboxylic acids is 2. The number of halogens is 2. The summed E-state index contributed by atoms with van der Waals surface area (Å²) in [5.41, 5.74) is 2.49. The molecule has 3 saturated heterocycles. The standard InChI is InChI=1S/C39H56ClN5O2.ClH/c1-3-43(4-2)39(47)45(33-13-9-6-10-14-33)36-24-34-19-20-35(25-36)44(34)38(46)37(23-29-15-17-32(40)18-16-29)41-26-31-21-22-42(28-31)27-30-11-7-5-8-12-30;/h5,7-8,11-12,15-18,31,33-37,41H,3-4,6,9-10,13-14,19-28H2,1-2H3;1H/t31?,34?,35?,36?,37-;/m1./s1. The van der Waals surface area contributed by atoms with Gasteiger partial charge in [0.2, 0.25) is 5.91 Å². The van der Waals surface area contributed by atoms with Crippen molar-refractivity contribution < 1.29 is 9.59 Å². The Bertz CT molecular complexity index is 1290. The van der Waals surface area contributed by atoms with Gasteiger partial charge in [0.15, 0.2) is 0 Å². The molecule has 2 aromatic carbocycles. The number of piperidine rings is 1. The molecule has 1 N–H and O–H groups in total. The molecule has 4 aliphatic rings. The Morgan fingerprint density at radius 3 is 2.17 bits per heavy atom. The molecule has 2 bridgehead atoms. The predicted octanol–water partition coefficient (Wildman–Crippen LogP) is 7.40. The summed E-state index contributed by atoms with van der Waals surface area (Å²) in [7, 11) is 0. The van der Waals surface area contributed by atoms with Crippen molar-refractivity contribution >= 4 is 35.9 Å². The van der Waals surface area contributed by atoms with E-state index in [0.717, 1.165) is 94.8 Å². The van der Waals surface area contributed by atoms with Gasteiger partial charge in [-0.05, 0) is 107 Å². The molecule has 0 radical (unpaired) electrons. The van der Waals surface area contributed by atoms with Crippen LogP contribution in [0.15, 0.2) is 54.6 Å². The third-order valence-corrected chi connectivity index (χ3v) is 11.8. The summed E-state index contributed by atoms with van der Waals surface area (Å²) >= 11 is 6.23. The van der Waals surface area contributed by atoms with Crippen molar-refractivity contribution in [2.45, 2.75) is 121 Å². The van der Waals surface area contributed by atoms with Crippen LogP contribution < -0.4 is 5.32 Å². The van der Waals surface area contributed by atoms with Gasteiger partial charge >= 0.3 is 6.03 Å². The third kappa shape index (κ3) is 8.88. The number of likely N-dealkylation sites (tertiary alicyclic amines) is 1. The van der Waals surface area contributed by atoms with E-state index in [1.54, 1.807) is 0 Å². The first kappa shape index (κ1) is 36.9. The third-order valence-electron chi connectivity index (χ3n) is 11.5. The molecule has 0 aromatic heterocycles. The van der Waals surface area contributed by atoms with Crippen LogP contribution in [0, 0.1) is 5.92 Å². The summed E-state index contributed by atoms with van der Waals surface area (Å²) in [5, 5.41) is 4.51. The van der Waals surface area contributed by atoms with Gasteiger partial charge in [-0.1, -0.05) is 73.3 Å². The average Bonchev–Trinajstić information content (AvgIpc) is 3.65. The van der Waals surface area contributed by atoms with Gasteiger partial charge in [-0.25, -0.2) is 4.79 Å². The first-order valence-electron chi connectivity index (χ1n) is 18.6. The fourth-order valence-corrected chi connectivity index (χ4v) is 9.14. The van der Waals surface area contributed by atoms with E-state index in [4.69, 9.17) is 11.6 Å². The lowest BCUT2D eigenvalue weighted by Gasteiger charge is -2.48. The monoisotopic (exact) mass is 697 g/mol. The maximum absolute atomic E-state index is 14.6. The molecule has 3 amide bonds. The van der Waals surface area contributed by atoms with Crippen molar-refractivity contribution in [3.63, 3.8) is 0 Å². The summed E-state index contributed by atoms with van der Waals surface area (Å²) in [6, 6.07) is 19.6. The molecule has 3 aliphatic heterocycles. The number of fused-ring (bicyclic) bond motifs is 2. The Kier molecular flexibility index (Phi) is 13.5. The molecule has 264 valence electrons. The molecule has 3 heterocycles. The van der Waals surface area contributed by atoms with E-state index in [-0.39, 0.29) is 48.5 Å². The summed E-state index contributed by atoms with van der Waals surface area (Å²) in [5.74, 6) is 0.765. The maximum atomic E-state index is 14.6. The molecular formula is C39H57Cl2N5O2. The van der Waals surface area contributed by atoms with E-state index in [0.29, 0.717) is 18.4 Å². The number of carbonyl (C=O) groups is 2. The van der Waals surface area contributed by atoms with E-state index < -0.39 is 0 Å². The molecule has 1 aliphatic carbocycles. The van der Waals surface area contributed by atoms with Gasteiger partial charge in [-0.2, -0.15) is 0 Å². The average molecular weight is 699 g/mol. The van der Waals surface area contributed by atoms with E-state index in [2.05, 4.69) is 76.3 Å². The largest absolute Gasteiger partial charge is 0.335 e. The second-order valence-corrected chi connectivity index (χ2v) is 15.0. The highest BCUT2D eigenvalue weighted by atomic mass is 35.5. The lowest BCUT2D eigenvalue weighted by Crippen LogP contribution is -2.61. The predicted molar refractivity (Wildman–Crippen MR) is 198 cm³/mol. The SMILES string of the molecule is CCN(CC)C(=O)N(C1CCCCC1)C1CC2CCC(C1)N2C(=O)[C@@H](Cc1ccc(Cl)cc1)NCC1CCN(Cc2ccccc2)C1.Cl. The Morgan fingerprint density at radius 2 is 1.52 bits per heavy atom. The number of benzene rings is 2. The minimum atomic E-state index is -0.272. The molecular weight excluding hydrogens is 641 g/mol. The van der Waals surface area contributed by atoms with Crippen molar-refractivity contribution in [1.82, 2.24) is 24.9 Å². The Morgan fingerprint density at radius 1 is 0.854 bits per heavy atom. The van der Waals surface area contributed by atoms with E-state index in [1.807, 2.05) is 17.0 Å². The van der Waals surface area contributed by atoms with Gasteiger partial charge < -0.3 is 20.0 Å². The normalized spacial score (nSPS) is 25.0. The second-order valence-electron chi connectivity index (χ2n) is 14.6. The molecule has 0 spiro atoms. The fraction of sp³-hybridized carbons (Fsp3) is 0.641. The van der Waals surface area contributed by atoms with Crippen LogP contribution in [0.2, 0.25) is 5.02 Å². The van der Waals surface area contributed by atoms with Gasteiger partial charge in [0, 0.05) is 55.4 Å². The highest BCUT2D eigenvalue weighted by molar-refractivity contribution is 6.30. The molecule has 4 atom stereocenters. The zero-order valence-electron chi connectivity index (χ0n) is 29.1. The van der Waals surface area contributed by atoms with Crippen molar-refractivity contribution in [2.75, 3.05) is 32.7 Å². The quantitative estimate of drug-likeness (QED) is 0.251. The van der Waals surface area contributed by atoms with Gasteiger partial charge in [-0.15, -0.1) is 12.4 Å². The summed E-state index contributed by atoms with van der Waals surface area (Å²) < 4.78 is 0. The molecule has 6 rings (SSSR count). The van der Waals surface area contributed by atoms with Gasteiger partial charge in [-0.3, -0.25) is 9.69 Å². The van der Waals surface area contributed by atoms with Crippen molar-refractivity contribution in [3.05, 3.63) is 70.7 Å². The number of hydrogen-bond donors (Lipinski definition) is 1.